The first kappa shape index (κ1) is 25.4. The first-order valence-corrected chi connectivity index (χ1v) is 10.4. The summed E-state index contributed by atoms with van der Waals surface area (Å²) in [7, 11) is 0. The van der Waals surface area contributed by atoms with Gasteiger partial charge in [-0.15, -0.1) is 6.58 Å². The summed E-state index contributed by atoms with van der Waals surface area (Å²) in [5.41, 5.74) is 4.32. The maximum Gasteiger partial charge on any atom is 0.329 e. The third kappa shape index (κ3) is 8.30. The Balaban J connectivity index is 2.03. The molecule has 0 unspecified atom stereocenters. The molecule has 10 heteroatoms. The highest BCUT2D eigenvalue weighted by molar-refractivity contribution is 6.35. The van der Waals surface area contributed by atoms with E-state index in [-0.39, 0.29) is 29.8 Å². The Morgan fingerprint density at radius 3 is 2.52 bits per heavy atom. The molecule has 3 amide bonds. The summed E-state index contributed by atoms with van der Waals surface area (Å²) in [4.78, 5) is 35.4. The fourth-order valence-electron chi connectivity index (χ4n) is 2.50. The highest BCUT2D eigenvalue weighted by atomic mass is 35.5. The van der Waals surface area contributed by atoms with Gasteiger partial charge in [0.1, 0.15) is 0 Å². The fraction of sp³-hybridized carbons (Fsp3) is 0.217. The molecule has 9 nitrogen and oxygen atoms in total. The first-order valence-electron chi connectivity index (χ1n) is 10.0. The largest absolute Gasteiger partial charge is 0.490 e. The van der Waals surface area contributed by atoms with Crippen LogP contribution in [0.15, 0.2) is 54.2 Å². The molecule has 0 saturated heterocycles. The lowest BCUT2D eigenvalue weighted by molar-refractivity contribution is -0.139. The lowest BCUT2D eigenvalue weighted by Gasteiger charge is -2.14. The summed E-state index contributed by atoms with van der Waals surface area (Å²) in [6.45, 7) is 7.38. The molecule has 3 N–H and O–H groups in total. The molecular weight excluding hydrogens is 448 g/mol. The van der Waals surface area contributed by atoms with E-state index in [9.17, 15) is 14.4 Å². The molecule has 0 spiro atoms. The van der Waals surface area contributed by atoms with E-state index in [1.807, 2.05) is 19.1 Å². The smallest absolute Gasteiger partial charge is 0.329 e. The number of benzene rings is 2. The predicted molar refractivity (Wildman–Crippen MR) is 127 cm³/mol. The van der Waals surface area contributed by atoms with Crippen LogP contribution in [0.5, 0.6) is 11.5 Å². The second-order valence-corrected chi connectivity index (χ2v) is 7.07. The molecule has 33 heavy (non-hydrogen) atoms. The van der Waals surface area contributed by atoms with Crippen molar-refractivity contribution in [1.82, 2.24) is 10.7 Å². The normalized spacial score (nSPS) is 10.4. The van der Waals surface area contributed by atoms with Crippen LogP contribution in [0.25, 0.3) is 0 Å². The Kier molecular flexibility index (Phi) is 9.91. The van der Waals surface area contributed by atoms with Crippen LogP contribution in [0.1, 0.15) is 18.1 Å². The van der Waals surface area contributed by atoms with Crippen LogP contribution in [-0.4, -0.2) is 43.7 Å². The Morgan fingerprint density at radius 2 is 1.85 bits per heavy atom. The fourth-order valence-corrected chi connectivity index (χ4v) is 2.77. The van der Waals surface area contributed by atoms with E-state index in [4.69, 9.17) is 21.1 Å². The third-order valence-corrected chi connectivity index (χ3v) is 4.29. The number of hydrazone groups is 1. The average molecular weight is 473 g/mol. The van der Waals surface area contributed by atoms with Crippen molar-refractivity contribution in [2.24, 2.45) is 5.10 Å². The van der Waals surface area contributed by atoms with Gasteiger partial charge in [0.15, 0.2) is 18.1 Å². The van der Waals surface area contributed by atoms with Crippen molar-refractivity contribution in [1.29, 1.82) is 0 Å². The zero-order valence-electron chi connectivity index (χ0n) is 18.3. The molecule has 0 aliphatic rings. The van der Waals surface area contributed by atoms with Gasteiger partial charge in [-0.2, -0.15) is 5.10 Å². The molecule has 0 aliphatic heterocycles. The van der Waals surface area contributed by atoms with Crippen LogP contribution in [0, 0.1) is 6.92 Å². The molecule has 0 saturated carbocycles. The zero-order valence-corrected chi connectivity index (χ0v) is 19.1. The van der Waals surface area contributed by atoms with E-state index in [0.717, 1.165) is 5.56 Å². The molecule has 0 aliphatic carbocycles. The molecule has 174 valence electrons. The number of amides is 3. The zero-order chi connectivity index (χ0) is 24.2. The molecule has 2 aromatic rings. The lowest BCUT2D eigenvalue weighted by Crippen LogP contribution is -2.37. The number of carbonyl (C=O) groups is 3. The van der Waals surface area contributed by atoms with Gasteiger partial charge < -0.3 is 20.1 Å². The van der Waals surface area contributed by atoms with Crippen LogP contribution >= 0.6 is 11.6 Å². The molecule has 0 aromatic heterocycles. The SMILES string of the molecule is C=CCNC(=O)C(=O)N/N=C\c1cc(Cl)c(OCC(=O)Nc2ccc(C)cc2)c(OCC)c1. The molecule has 0 radical (unpaired) electrons. The summed E-state index contributed by atoms with van der Waals surface area (Å²) in [5.74, 6) is -1.64. The summed E-state index contributed by atoms with van der Waals surface area (Å²) in [6.07, 6.45) is 2.74. The molecular formula is C23H25ClN4O5. The van der Waals surface area contributed by atoms with Crippen molar-refractivity contribution in [3.63, 3.8) is 0 Å². The number of hydrogen-bond acceptors (Lipinski definition) is 6. The van der Waals surface area contributed by atoms with Crippen molar-refractivity contribution >= 4 is 41.2 Å². The van der Waals surface area contributed by atoms with Gasteiger partial charge in [0.05, 0.1) is 17.8 Å². The first-order chi connectivity index (χ1) is 15.8. The predicted octanol–water partition coefficient (Wildman–Crippen LogP) is 2.82. The number of nitrogens with one attached hydrogen (secondary N) is 3. The van der Waals surface area contributed by atoms with Crippen molar-refractivity contribution in [3.8, 4) is 11.5 Å². The Labute approximate surface area is 196 Å². The van der Waals surface area contributed by atoms with E-state index in [1.54, 1.807) is 25.1 Å². The number of carbonyl (C=O) groups excluding carboxylic acids is 3. The van der Waals surface area contributed by atoms with Gasteiger partial charge in [-0.3, -0.25) is 14.4 Å². The second kappa shape index (κ2) is 12.9. The number of halogens is 1. The van der Waals surface area contributed by atoms with E-state index in [0.29, 0.717) is 23.6 Å². The molecule has 0 fully saturated rings. The van der Waals surface area contributed by atoms with Crippen LogP contribution in [0.2, 0.25) is 5.02 Å². The summed E-state index contributed by atoms with van der Waals surface area (Å²) < 4.78 is 11.2. The van der Waals surface area contributed by atoms with Crippen molar-refractivity contribution in [3.05, 3.63) is 65.2 Å². The van der Waals surface area contributed by atoms with Gasteiger partial charge >= 0.3 is 11.8 Å². The Morgan fingerprint density at radius 1 is 1.12 bits per heavy atom. The highest BCUT2D eigenvalue weighted by Crippen LogP contribution is 2.36. The highest BCUT2D eigenvalue weighted by Gasteiger charge is 2.15. The average Bonchev–Trinajstić information content (AvgIpc) is 2.78. The quantitative estimate of drug-likeness (QED) is 0.213. The third-order valence-electron chi connectivity index (χ3n) is 4.01. The number of rotatable bonds is 10. The summed E-state index contributed by atoms with van der Waals surface area (Å²) >= 11 is 6.32. The maximum absolute atomic E-state index is 12.2. The van der Waals surface area contributed by atoms with Crippen LogP contribution in [0.4, 0.5) is 5.69 Å². The topological polar surface area (TPSA) is 118 Å². The minimum absolute atomic E-state index is 0.161. The summed E-state index contributed by atoms with van der Waals surface area (Å²) in [5, 5.41) is 8.99. The lowest BCUT2D eigenvalue weighted by atomic mass is 10.2. The van der Waals surface area contributed by atoms with Gasteiger partial charge in [-0.1, -0.05) is 35.4 Å². The monoisotopic (exact) mass is 472 g/mol. The van der Waals surface area contributed by atoms with Crippen molar-refractivity contribution in [2.75, 3.05) is 25.1 Å². The molecule has 0 bridgehead atoms. The van der Waals surface area contributed by atoms with E-state index >= 15 is 0 Å². The minimum atomic E-state index is -0.927. The summed E-state index contributed by atoms with van der Waals surface area (Å²) in [6, 6.07) is 10.5. The Hall–Kier alpha value is -3.85. The number of hydrogen-bond donors (Lipinski definition) is 3. The molecule has 0 heterocycles. The van der Waals surface area contributed by atoms with Crippen LogP contribution in [-0.2, 0) is 14.4 Å². The Bertz CT molecular complexity index is 1040. The van der Waals surface area contributed by atoms with E-state index < -0.39 is 11.8 Å². The molecule has 0 atom stereocenters. The number of ether oxygens (including phenoxy) is 2. The van der Waals surface area contributed by atoms with Crippen LogP contribution in [0.3, 0.4) is 0 Å². The minimum Gasteiger partial charge on any atom is -0.490 e. The van der Waals surface area contributed by atoms with Gasteiger partial charge in [0.2, 0.25) is 0 Å². The number of anilines is 1. The van der Waals surface area contributed by atoms with Crippen molar-refractivity contribution in [2.45, 2.75) is 13.8 Å². The van der Waals surface area contributed by atoms with Gasteiger partial charge in [0, 0.05) is 12.2 Å². The second-order valence-electron chi connectivity index (χ2n) is 6.66. The standard InChI is InChI=1S/C23H25ClN4O5/c1-4-10-25-22(30)23(31)28-26-13-16-11-18(24)21(19(12-16)32-5-2)33-14-20(29)27-17-8-6-15(3)7-9-17/h4,6-9,11-13H,1,5,10,14H2,2-3H3,(H,25,30)(H,27,29)(H,28,31)/b26-13-. The molecule has 2 aromatic carbocycles. The van der Waals surface area contributed by atoms with Gasteiger partial charge in [-0.25, -0.2) is 5.43 Å². The molecule has 2 rings (SSSR count). The maximum atomic E-state index is 12.2. The van der Waals surface area contributed by atoms with E-state index in [2.05, 4.69) is 27.7 Å². The van der Waals surface area contributed by atoms with E-state index in [1.165, 1.54) is 18.4 Å². The van der Waals surface area contributed by atoms with Crippen LogP contribution < -0.4 is 25.5 Å². The number of nitrogens with zero attached hydrogens (tertiary/aromatic N) is 1. The number of aryl methyl sites for hydroxylation is 1. The van der Waals surface area contributed by atoms with Gasteiger partial charge in [-0.05, 0) is 43.7 Å². The van der Waals surface area contributed by atoms with Crippen molar-refractivity contribution < 1.29 is 23.9 Å². The van der Waals surface area contributed by atoms with Gasteiger partial charge in [0.25, 0.3) is 5.91 Å².